The van der Waals surface area contributed by atoms with E-state index in [4.69, 9.17) is 0 Å². The summed E-state index contributed by atoms with van der Waals surface area (Å²) in [6, 6.07) is 18.7. The van der Waals surface area contributed by atoms with Crippen molar-refractivity contribution in [2.75, 3.05) is 0 Å². The van der Waals surface area contributed by atoms with Crippen LogP contribution in [0.15, 0.2) is 85.5 Å². The highest BCUT2D eigenvalue weighted by atomic mass is 16.1. The number of nitrogens with zero attached hydrogens (tertiary/aromatic N) is 4. The molecule has 0 radical (unpaired) electrons. The smallest absolute Gasteiger partial charge is 0.185 e. The van der Waals surface area contributed by atoms with E-state index in [9.17, 15) is 14.4 Å². The van der Waals surface area contributed by atoms with Crippen LogP contribution in [0.2, 0.25) is 0 Å². The molecule has 0 spiro atoms. The van der Waals surface area contributed by atoms with Crippen LogP contribution < -0.4 is 0 Å². The second-order valence-electron chi connectivity index (χ2n) is 6.60. The molecule has 5 rings (SSSR count). The SMILES string of the molecule is Cn1c(C=O)nc2ccccc21.O=Cc1ccncc1.O=Cc1cncc2ccccc12. The van der Waals surface area contributed by atoms with Gasteiger partial charge in [0.05, 0.1) is 11.0 Å². The average molecular weight is 424 g/mol. The van der Waals surface area contributed by atoms with Crippen molar-refractivity contribution in [1.82, 2.24) is 19.5 Å². The molecule has 7 heteroatoms. The third kappa shape index (κ3) is 5.34. The molecule has 0 saturated heterocycles. The Morgan fingerprint density at radius 2 is 1.47 bits per heavy atom. The average Bonchev–Trinajstić information content (AvgIpc) is 3.20. The van der Waals surface area contributed by atoms with Gasteiger partial charge in [0.1, 0.15) is 6.29 Å². The molecule has 0 saturated carbocycles. The van der Waals surface area contributed by atoms with Gasteiger partial charge in [-0.25, -0.2) is 4.98 Å². The van der Waals surface area contributed by atoms with Crippen LogP contribution in [0.4, 0.5) is 0 Å². The second kappa shape index (κ2) is 11.0. The molecule has 0 bridgehead atoms. The number of aryl methyl sites for hydroxylation is 1. The van der Waals surface area contributed by atoms with Gasteiger partial charge >= 0.3 is 0 Å². The van der Waals surface area contributed by atoms with Crippen molar-refractivity contribution >= 4 is 40.7 Å². The van der Waals surface area contributed by atoms with Gasteiger partial charge in [0.15, 0.2) is 18.4 Å². The normalized spacial score (nSPS) is 9.78. The van der Waals surface area contributed by atoms with E-state index in [1.807, 2.05) is 55.6 Å². The first-order chi connectivity index (χ1) is 15.7. The van der Waals surface area contributed by atoms with Gasteiger partial charge in [0.25, 0.3) is 0 Å². The first kappa shape index (κ1) is 22.2. The molecule has 0 unspecified atom stereocenters. The van der Waals surface area contributed by atoms with Crippen LogP contribution in [0.3, 0.4) is 0 Å². The van der Waals surface area contributed by atoms with Gasteiger partial charge < -0.3 is 4.57 Å². The Balaban J connectivity index is 0.000000139. The minimum atomic E-state index is 0.469. The highest BCUT2D eigenvalue weighted by molar-refractivity contribution is 5.97. The Labute approximate surface area is 184 Å². The van der Waals surface area contributed by atoms with Crippen LogP contribution in [-0.2, 0) is 7.05 Å². The zero-order valence-electron chi connectivity index (χ0n) is 17.3. The third-order valence-corrected chi connectivity index (χ3v) is 4.60. The molecule has 32 heavy (non-hydrogen) atoms. The predicted octanol–water partition coefficient (Wildman–Crippen LogP) is 4.33. The van der Waals surface area contributed by atoms with E-state index >= 15 is 0 Å². The van der Waals surface area contributed by atoms with Gasteiger partial charge in [-0.2, -0.15) is 0 Å². The summed E-state index contributed by atoms with van der Waals surface area (Å²) in [5.74, 6) is 0.469. The summed E-state index contributed by atoms with van der Waals surface area (Å²) in [4.78, 5) is 42.9. The van der Waals surface area contributed by atoms with Crippen LogP contribution in [-0.4, -0.2) is 38.4 Å². The van der Waals surface area contributed by atoms with Gasteiger partial charge in [0, 0.05) is 48.3 Å². The van der Waals surface area contributed by atoms with Crippen LogP contribution in [0.1, 0.15) is 31.3 Å². The lowest BCUT2D eigenvalue weighted by molar-refractivity contribution is 0.110. The minimum absolute atomic E-state index is 0.469. The highest BCUT2D eigenvalue weighted by Crippen LogP contribution is 2.14. The Bertz CT molecular complexity index is 1340. The van der Waals surface area contributed by atoms with Gasteiger partial charge in [0.2, 0.25) is 0 Å². The number of benzene rings is 2. The molecule has 0 atom stereocenters. The number of carbonyl (C=O) groups excluding carboxylic acids is 3. The summed E-state index contributed by atoms with van der Waals surface area (Å²) < 4.78 is 1.78. The van der Waals surface area contributed by atoms with E-state index < -0.39 is 0 Å². The molecule has 0 aliphatic heterocycles. The molecule has 7 nitrogen and oxygen atoms in total. The van der Waals surface area contributed by atoms with Crippen molar-refractivity contribution in [3.8, 4) is 0 Å². The summed E-state index contributed by atoms with van der Waals surface area (Å²) in [5, 5.41) is 1.96. The zero-order chi connectivity index (χ0) is 22.8. The van der Waals surface area contributed by atoms with Crippen LogP contribution in [0, 0.1) is 0 Å². The topological polar surface area (TPSA) is 94.8 Å². The van der Waals surface area contributed by atoms with Crippen molar-refractivity contribution in [3.63, 3.8) is 0 Å². The Hall–Kier alpha value is -4.52. The summed E-state index contributed by atoms with van der Waals surface area (Å²) in [6.07, 6.45) is 8.89. The number of pyridine rings is 2. The van der Waals surface area contributed by atoms with Crippen LogP contribution in [0.5, 0.6) is 0 Å². The lowest BCUT2D eigenvalue weighted by Crippen LogP contribution is -1.94. The first-order valence-corrected chi connectivity index (χ1v) is 9.67. The van der Waals surface area contributed by atoms with Crippen molar-refractivity contribution in [2.24, 2.45) is 7.05 Å². The maximum atomic E-state index is 10.6. The fourth-order valence-electron chi connectivity index (χ4n) is 2.95. The summed E-state index contributed by atoms with van der Waals surface area (Å²) in [7, 11) is 1.83. The molecule has 0 N–H and O–H groups in total. The van der Waals surface area contributed by atoms with Gasteiger partial charge in [-0.05, 0) is 29.7 Å². The molecule has 3 heterocycles. The largest absolute Gasteiger partial charge is 0.325 e. The molecule has 0 fully saturated rings. The number of fused-ring (bicyclic) bond motifs is 2. The molecule has 0 amide bonds. The van der Waals surface area contributed by atoms with Crippen molar-refractivity contribution < 1.29 is 14.4 Å². The molecule has 3 aromatic heterocycles. The number of para-hydroxylation sites is 2. The molecular weight excluding hydrogens is 404 g/mol. The van der Waals surface area contributed by atoms with Crippen molar-refractivity contribution in [1.29, 1.82) is 0 Å². The lowest BCUT2D eigenvalue weighted by atomic mass is 10.1. The zero-order valence-corrected chi connectivity index (χ0v) is 17.3. The fraction of sp³-hybridized carbons (Fsp3) is 0.0400. The van der Waals surface area contributed by atoms with Gasteiger partial charge in [-0.3, -0.25) is 24.4 Å². The number of carbonyl (C=O) groups is 3. The van der Waals surface area contributed by atoms with E-state index in [1.165, 1.54) is 0 Å². The van der Waals surface area contributed by atoms with Crippen LogP contribution >= 0.6 is 0 Å². The molecule has 0 aliphatic rings. The number of rotatable bonds is 3. The Morgan fingerprint density at radius 1 is 0.750 bits per heavy atom. The van der Waals surface area contributed by atoms with E-state index in [-0.39, 0.29) is 0 Å². The Kier molecular flexibility index (Phi) is 7.64. The Morgan fingerprint density at radius 3 is 2.12 bits per heavy atom. The van der Waals surface area contributed by atoms with Crippen LogP contribution in [0.25, 0.3) is 21.8 Å². The fourth-order valence-corrected chi connectivity index (χ4v) is 2.95. The van der Waals surface area contributed by atoms with E-state index in [0.717, 1.165) is 40.7 Å². The number of hydrogen-bond donors (Lipinski definition) is 0. The van der Waals surface area contributed by atoms with Crippen molar-refractivity contribution in [2.45, 2.75) is 0 Å². The molecular formula is C25H20N4O3. The maximum absolute atomic E-state index is 10.6. The number of imidazole rings is 1. The predicted molar refractivity (Wildman–Crippen MR) is 123 cm³/mol. The monoisotopic (exact) mass is 424 g/mol. The molecule has 5 aromatic rings. The van der Waals surface area contributed by atoms with Gasteiger partial charge in [-0.1, -0.05) is 36.4 Å². The summed E-state index contributed by atoms with van der Waals surface area (Å²) in [6.45, 7) is 0. The lowest BCUT2D eigenvalue weighted by Gasteiger charge is -1.97. The van der Waals surface area contributed by atoms with E-state index in [1.54, 1.807) is 41.5 Å². The molecule has 158 valence electrons. The quantitative estimate of drug-likeness (QED) is 0.400. The molecule has 2 aromatic carbocycles. The minimum Gasteiger partial charge on any atom is -0.325 e. The van der Waals surface area contributed by atoms with E-state index in [0.29, 0.717) is 17.0 Å². The first-order valence-electron chi connectivity index (χ1n) is 9.67. The number of aldehydes is 3. The summed E-state index contributed by atoms with van der Waals surface area (Å²) in [5.41, 5.74) is 3.16. The van der Waals surface area contributed by atoms with Gasteiger partial charge in [-0.15, -0.1) is 0 Å². The second-order valence-corrected chi connectivity index (χ2v) is 6.60. The maximum Gasteiger partial charge on any atom is 0.185 e. The standard InChI is InChI=1S/C10H7NO.C9H8N2O.C6H5NO/c12-7-9-6-11-5-8-3-1-2-4-10(8)9;1-11-8-5-3-2-4-7(8)10-9(11)6-12;8-5-6-1-3-7-4-2-6/h1-7H;2-6H,1H3;1-5H. The van der Waals surface area contributed by atoms with Crippen molar-refractivity contribution in [3.05, 3.63) is 102 Å². The number of aromatic nitrogens is 4. The number of hydrogen-bond acceptors (Lipinski definition) is 6. The molecule has 0 aliphatic carbocycles. The van der Waals surface area contributed by atoms with E-state index in [2.05, 4.69) is 15.0 Å². The third-order valence-electron chi connectivity index (χ3n) is 4.60. The summed E-state index contributed by atoms with van der Waals surface area (Å²) >= 11 is 0. The highest BCUT2D eigenvalue weighted by Gasteiger charge is 2.04.